The number of aromatic carboxylic acids is 1. The standard InChI is InChI=1S/C14H17ClN2O4/c1-2-21-14(20)17-7-5-16(6-8-17)12-4-3-10(13(18)19)9-11(12)15/h3-4,9H,2,5-8H2,1H3,(H,18,19). The molecule has 7 heteroatoms. The van der Waals surface area contributed by atoms with Crippen LogP contribution in [-0.2, 0) is 4.74 Å². The summed E-state index contributed by atoms with van der Waals surface area (Å²) in [6, 6.07) is 4.67. The van der Waals surface area contributed by atoms with E-state index in [1.807, 2.05) is 4.90 Å². The lowest BCUT2D eigenvalue weighted by atomic mass is 10.2. The molecule has 6 nitrogen and oxygen atoms in total. The normalized spacial score (nSPS) is 15.0. The van der Waals surface area contributed by atoms with Crippen LogP contribution < -0.4 is 4.90 Å². The highest BCUT2D eigenvalue weighted by molar-refractivity contribution is 6.33. The molecule has 1 fully saturated rings. The topological polar surface area (TPSA) is 70.1 Å². The van der Waals surface area contributed by atoms with Gasteiger partial charge in [-0.05, 0) is 25.1 Å². The predicted octanol–water partition coefficient (Wildman–Crippen LogP) is 2.32. The number of rotatable bonds is 3. The molecule has 0 atom stereocenters. The number of ether oxygens (including phenoxy) is 1. The maximum Gasteiger partial charge on any atom is 0.409 e. The number of anilines is 1. The SMILES string of the molecule is CCOC(=O)N1CCN(c2ccc(C(=O)O)cc2Cl)CC1. The lowest BCUT2D eigenvalue weighted by molar-refractivity contribution is 0.0696. The van der Waals surface area contributed by atoms with Crippen molar-refractivity contribution in [2.75, 3.05) is 37.7 Å². The van der Waals surface area contributed by atoms with Gasteiger partial charge in [-0.1, -0.05) is 11.6 Å². The van der Waals surface area contributed by atoms with Gasteiger partial charge in [0.15, 0.2) is 0 Å². The third-order valence-electron chi connectivity index (χ3n) is 3.34. The summed E-state index contributed by atoms with van der Waals surface area (Å²) in [4.78, 5) is 26.2. The van der Waals surface area contributed by atoms with Crippen molar-refractivity contribution in [3.63, 3.8) is 0 Å². The van der Waals surface area contributed by atoms with Crippen LogP contribution in [0.25, 0.3) is 0 Å². The molecule has 114 valence electrons. The Morgan fingerprint density at radius 1 is 1.29 bits per heavy atom. The van der Waals surface area contributed by atoms with E-state index in [4.69, 9.17) is 21.4 Å². The van der Waals surface area contributed by atoms with Gasteiger partial charge in [0.25, 0.3) is 0 Å². The van der Waals surface area contributed by atoms with Crippen molar-refractivity contribution in [1.82, 2.24) is 4.90 Å². The second-order valence-corrected chi connectivity index (χ2v) is 5.05. The Bertz CT molecular complexity index is 542. The number of nitrogens with zero attached hydrogens (tertiary/aromatic N) is 2. The summed E-state index contributed by atoms with van der Waals surface area (Å²) < 4.78 is 4.97. The Kier molecular flexibility index (Phi) is 4.90. The molecule has 0 saturated carbocycles. The molecule has 1 aliphatic heterocycles. The Morgan fingerprint density at radius 3 is 2.48 bits per heavy atom. The van der Waals surface area contributed by atoms with E-state index in [1.54, 1.807) is 17.9 Å². The van der Waals surface area contributed by atoms with Gasteiger partial charge in [-0.25, -0.2) is 9.59 Å². The zero-order valence-corrected chi connectivity index (χ0v) is 12.5. The minimum absolute atomic E-state index is 0.161. The minimum atomic E-state index is -1.00. The molecule has 1 aliphatic rings. The number of carbonyl (C=O) groups is 2. The van der Waals surface area contributed by atoms with Gasteiger partial charge in [0, 0.05) is 26.2 Å². The van der Waals surface area contributed by atoms with Gasteiger partial charge in [0.05, 0.1) is 22.9 Å². The van der Waals surface area contributed by atoms with E-state index < -0.39 is 5.97 Å². The van der Waals surface area contributed by atoms with E-state index in [9.17, 15) is 9.59 Å². The molecule has 1 amide bonds. The smallest absolute Gasteiger partial charge is 0.409 e. The van der Waals surface area contributed by atoms with Gasteiger partial charge in [-0.15, -0.1) is 0 Å². The van der Waals surface area contributed by atoms with Crippen molar-refractivity contribution >= 4 is 29.4 Å². The molecule has 21 heavy (non-hydrogen) atoms. The molecular formula is C14H17ClN2O4. The highest BCUT2D eigenvalue weighted by Crippen LogP contribution is 2.28. The zero-order chi connectivity index (χ0) is 15.4. The molecule has 0 spiro atoms. The van der Waals surface area contributed by atoms with Gasteiger partial charge in [0.2, 0.25) is 0 Å². The Hall–Kier alpha value is -1.95. The first kappa shape index (κ1) is 15.4. The summed E-state index contributed by atoms with van der Waals surface area (Å²) in [5.74, 6) is -1.00. The summed E-state index contributed by atoms with van der Waals surface area (Å²) in [5.41, 5.74) is 0.944. The van der Waals surface area contributed by atoms with Crippen molar-refractivity contribution in [3.8, 4) is 0 Å². The summed E-state index contributed by atoms with van der Waals surface area (Å²) in [5, 5.41) is 9.33. The first-order valence-electron chi connectivity index (χ1n) is 6.72. The number of carboxylic acids is 1. The fourth-order valence-corrected chi connectivity index (χ4v) is 2.54. The van der Waals surface area contributed by atoms with E-state index in [-0.39, 0.29) is 11.7 Å². The molecule has 0 unspecified atom stereocenters. The van der Waals surface area contributed by atoms with Crippen LogP contribution in [0.2, 0.25) is 5.02 Å². The van der Waals surface area contributed by atoms with E-state index in [1.165, 1.54) is 12.1 Å². The minimum Gasteiger partial charge on any atom is -0.478 e. The predicted molar refractivity (Wildman–Crippen MR) is 79.2 cm³/mol. The first-order valence-corrected chi connectivity index (χ1v) is 7.10. The number of halogens is 1. The number of amides is 1. The maximum absolute atomic E-state index is 11.6. The van der Waals surface area contributed by atoms with Gasteiger partial charge in [-0.2, -0.15) is 0 Å². The number of hydrogen-bond acceptors (Lipinski definition) is 4. The number of carbonyl (C=O) groups excluding carboxylic acids is 1. The molecule has 0 bridgehead atoms. The maximum atomic E-state index is 11.6. The largest absolute Gasteiger partial charge is 0.478 e. The van der Waals surface area contributed by atoms with Crippen molar-refractivity contribution < 1.29 is 19.4 Å². The first-order chi connectivity index (χ1) is 10.0. The zero-order valence-electron chi connectivity index (χ0n) is 11.7. The van der Waals surface area contributed by atoms with E-state index in [2.05, 4.69) is 0 Å². The van der Waals surface area contributed by atoms with Gasteiger partial charge >= 0.3 is 12.1 Å². The van der Waals surface area contributed by atoms with Crippen LogP contribution >= 0.6 is 11.6 Å². The average molecular weight is 313 g/mol. The summed E-state index contributed by atoms with van der Waals surface area (Å²) in [6.07, 6.45) is -0.301. The number of carboxylic acid groups (broad SMARTS) is 1. The molecule has 0 radical (unpaired) electrons. The number of piperazine rings is 1. The summed E-state index contributed by atoms with van der Waals surface area (Å²) >= 11 is 6.15. The molecule has 0 aliphatic carbocycles. The van der Waals surface area contributed by atoms with Crippen LogP contribution in [0.15, 0.2) is 18.2 Å². The lowest BCUT2D eigenvalue weighted by Gasteiger charge is -2.35. The molecule has 1 aromatic rings. The Morgan fingerprint density at radius 2 is 1.95 bits per heavy atom. The molecule has 1 aromatic carbocycles. The van der Waals surface area contributed by atoms with E-state index in [0.717, 1.165) is 5.69 Å². The fourth-order valence-electron chi connectivity index (χ4n) is 2.24. The van der Waals surface area contributed by atoms with Crippen molar-refractivity contribution in [2.24, 2.45) is 0 Å². The quantitative estimate of drug-likeness (QED) is 0.927. The monoisotopic (exact) mass is 312 g/mol. The molecular weight excluding hydrogens is 296 g/mol. The number of benzene rings is 1. The second-order valence-electron chi connectivity index (χ2n) is 4.64. The molecule has 1 heterocycles. The Labute approximate surface area is 127 Å². The van der Waals surface area contributed by atoms with E-state index >= 15 is 0 Å². The molecule has 0 aromatic heterocycles. The van der Waals surface area contributed by atoms with Crippen LogP contribution in [0.1, 0.15) is 17.3 Å². The van der Waals surface area contributed by atoms with Gasteiger partial charge in [-0.3, -0.25) is 0 Å². The van der Waals surface area contributed by atoms with Gasteiger partial charge < -0.3 is 19.6 Å². The van der Waals surface area contributed by atoms with E-state index in [0.29, 0.717) is 37.8 Å². The molecule has 1 saturated heterocycles. The Balaban J connectivity index is 2.02. The highest BCUT2D eigenvalue weighted by atomic mass is 35.5. The summed E-state index contributed by atoms with van der Waals surface area (Å²) in [6.45, 7) is 4.50. The average Bonchev–Trinajstić information content (AvgIpc) is 2.47. The molecule has 1 N–H and O–H groups in total. The van der Waals surface area contributed by atoms with Crippen molar-refractivity contribution in [2.45, 2.75) is 6.92 Å². The second kappa shape index (κ2) is 6.67. The number of hydrogen-bond donors (Lipinski definition) is 1. The highest BCUT2D eigenvalue weighted by Gasteiger charge is 2.23. The van der Waals surface area contributed by atoms with Crippen LogP contribution in [0.4, 0.5) is 10.5 Å². The summed E-state index contributed by atoms with van der Waals surface area (Å²) in [7, 11) is 0. The van der Waals surface area contributed by atoms with Crippen LogP contribution in [-0.4, -0.2) is 54.9 Å². The van der Waals surface area contributed by atoms with Crippen molar-refractivity contribution in [3.05, 3.63) is 28.8 Å². The third-order valence-corrected chi connectivity index (χ3v) is 3.64. The molecule has 2 rings (SSSR count). The van der Waals surface area contributed by atoms with Crippen LogP contribution in [0.5, 0.6) is 0 Å². The van der Waals surface area contributed by atoms with Crippen LogP contribution in [0, 0.1) is 0 Å². The van der Waals surface area contributed by atoms with Crippen LogP contribution in [0.3, 0.4) is 0 Å². The lowest BCUT2D eigenvalue weighted by Crippen LogP contribution is -2.49. The fraction of sp³-hybridized carbons (Fsp3) is 0.429. The third kappa shape index (κ3) is 3.58. The van der Waals surface area contributed by atoms with Gasteiger partial charge in [0.1, 0.15) is 0 Å². The van der Waals surface area contributed by atoms with Crippen molar-refractivity contribution in [1.29, 1.82) is 0 Å².